The summed E-state index contributed by atoms with van der Waals surface area (Å²) in [5.41, 5.74) is 1.64. The number of nitrogens with zero attached hydrogens (tertiary/aromatic N) is 1. The van der Waals surface area contributed by atoms with Gasteiger partial charge in [0.2, 0.25) is 5.91 Å². The third-order valence-corrected chi connectivity index (χ3v) is 5.05. The number of nitrogens with one attached hydrogen (secondary N) is 2. The van der Waals surface area contributed by atoms with E-state index in [0.717, 1.165) is 11.3 Å². The van der Waals surface area contributed by atoms with E-state index in [9.17, 15) is 13.6 Å². The maximum atomic E-state index is 13.8. The van der Waals surface area contributed by atoms with Gasteiger partial charge in [-0.25, -0.2) is 13.8 Å². The van der Waals surface area contributed by atoms with Gasteiger partial charge in [-0.1, -0.05) is 27.7 Å². The molecule has 1 heterocycles. The van der Waals surface area contributed by atoms with Crippen molar-refractivity contribution in [3.63, 3.8) is 0 Å². The van der Waals surface area contributed by atoms with Crippen LogP contribution < -0.4 is 5.32 Å². The van der Waals surface area contributed by atoms with Gasteiger partial charge in [0, 0.05) is 4.47 Å². The number of hydrogen-bond acceptors (Lipinski definition) is 3. The average Bonchev–Trinajstić information content (AvgIpc) is 3.06. The fourth-order valence-corrected chi connectivity index (χ4v) is 3.30. The first-order valence-electron chi connectivity index (χ1n) is 7.66. The topological polar surface area (TPSA) is 57.8 Å². The van der Waals surface area contributed by atoms with Crippen molar-refractivity contribution in [3.8, 4) is 11.3 Å². The molecule has 0 aliphatic heterocycles. The Labute approximate surface area is 161 Å². The molecule has 134 valence electrons. The second kappa shape index (κ2) is 8.01. The number of halogens is 3. The van der Waals surface area contributed by atoms with Crippen molar-refractivity contribution in [1.29, 1.82) is 0 Å². The number of hydrogen-bond donors (Lipinski definition) is 2. The molecule has 2 aromatic carbocycles. The number of amides is 1. The predicted octanol–water partition coefficient (Wildman–Crippen LogP) is 5.24. The molecule has 8 heteroatoms. The van der Waals surface area contributed by atoms with E-state index in [2.05, 4.69) is 31.2 Å². The van der Waals surface area contributed by atoms with Crippen LogP contribution in [0.25, 0.3) is 11.3 Å². The number of thioether (sulfide) groups is 1. The second-order valence-electron chi connectivity index (χ2n) is 5.48. The Morgan fingerprint density at radius 2 is 1.96 bits per heavy atom. The number of imidazole rings is 1. The van der Waals surface area contributed by atoms with Gasteiger partial charge in [-0.05, 0) is 55.0 Å². The summed E-state index contributed by atoms with van der Waals surface area (Å²) >= 11 is 4.39. The summed E-state index contributed by atoms with van der Waals surface area (Å²) < 4.78 is 27.4. The van der Waals surface area contributed by atoms with Gasteiger partial charge in [0.25, 0.3) is 0 Å². The smallest absolute Gasteiger partial charge is 0.237 e. The van der Waals surface area contributed by atoms with Crippen LogP contribution in [0.2, 0.25) is 0 Å². The summed E-state index contributed by atoms with van der Waals surface area (Å²) in [5, 5.41) is 2.61. The highest BCUT2D eigenvalue weighted by atomic mass is 79.9. The normalized spacial score (nSPS) is 12.0. The summed E-state index contributed by atoms with van der Waals surface area (Å²) in [5.74, 6) is -1.16. The number of benzene rings is 2. The lowest BCUT2D eigenvalue weighted by Gasteiger charge is -2.11. The summed E-state index contributed by atoms with van der Waals surface area (Å²) in [7, 11) is 0. The fraction of sp³-hybridized carbons (Fsp3) is 0.111. The molecular weight excluding hydrogens is 424 g/mol. The zero-order valence-corrected chi connectivity index (χ0v) is 16.0. The monoisotopic (exact) mass is 437 g/mol. The van der Waals surface area contributed by atoms with Gasteiger partial charge in [0.1, 0.15) is 11.6 Å². The van der Waals surface area contributed by atoms with Crippen molar-refractivity contribution in [2.75, 3.05) is 5.32 Å². The Morgan fingerprint density at radius 1 is 1.23 bits per heavy atom. The first-order valence-corrected chi connectivity index (χ1v) is 9.33. The molecule has 0 aliphatic carbocycles. The van der Waals surface area contributed by atoms with Gasteiger partial charge in [-0.15, -0.1) is 0 Å². The predicted molar refractivity (Wildman–Crippen MR) is 102 cm³/mol. The minimum absolute atomic E-state index is 0.122. The Balaban J connectivity index is 1.65. The summed E-state index contributed by atoms with van der Waals surface area (Å²) in [6.45, 7) is 1.71. The molecule has 0 fully saturated rings. The number of rotatable bonds is 5. The van der Waals surface area contributed by atoms with Crippen molar-refractivity contribution in [2.24, 2.45) is 0 Å². The molecule has 0 aliphatic rings. The minimum Gasteiger partial charge on any atom is -0.333 e. The van der Waals surface area contributed by atoms with Gasteiger partial charge >= 0.3 is 0 Å². The van der Waals surface area contributed by atoms with Crippen LogP contribution in [0.3, 0.4) is 0 Å². The van der Waals surface area contributed by atoms with Crippen LogP contribution in [0, 0.1) is 11.6 Å². The second-order valence-corrected chi connectivity index (χ2v) is 7.73. The molecule has 3 rings (SSSR count). The lowest BCUT2D eigenvalue weighted by Crippen LogP contribution is -2.23. The molecule has 0 bridgehead atoms. The average molecular weight is 438 g/mol. The zero-order chi connectivity index (χ0) is 18.7. The maximum absolute atomic E-state index is 13.8. The number of anilines is 1. The van der Waals surface area contributed by atoms with Crippen molar-refractivity contribution in [3.05, 3.63) is 64.8 Å². The van der Waals surface area contributed by atoms with Gasteiger partial charge < -0.3 is 10.3 Å². The van der Waals surface area contributed by atoms with E-state index >= 15 is 0 Å². The number of carbonyl (C=O) groups excluding carboxylic acids is 1. The highest BCUT2D eigenvalue weighted by Crippen LogP contribution is 2.26. The van der Waals surface area contributed by atoms with Crippen molar-refractivity contribution in [2.45, 2.75) is 17.3 Å². The van der Waals surface area contributed by atoms with E-state index in [4.69, 9.17) is 0 Å². The minimum atomic E-state index is -0.512. The summed E-state index contributed by atoms with van der Waals surface area (Å²) in [6.07, 6.45) is 1.62. The van der Waals surface area contributed by atoms with E-state index in [1.54, 1.807) is 31.3 Å². The van der Waals surface area contributed by atoms with Crippen LogP contribution in [0.15, 0.2) is 58.3 Å². The molecule has 3 aromatic rings. The lowest BCUT2D eigenvalue weighted by atomic mass is 10.2. The largest absolute Gasteiger partial charge is 0.333 e. The lowest BCUT2D eigenvalue weighted by molar-refractivity contribution is -0.115. The Bertz CT molecular complexity index is 930. The fourth-order valence-electron chi connectivity index (χ4n) is 2.19. The molecule has 0 saturated heterocycles. The molecular formula is C18H14BrF2N3OS. The Kier molecular flexibility index (Phi) is 5.73. The van der Waals surface area contributed by atoms with E-state index < -0.39 is 11.1 Å². The molecule has 0 spiro atoms. The molecule has 2 N–H and O–H groups in total. The third kappa shape index (κ3) is 4.50. The zero-order valence-electron chi connectivity index (χ0n) is 13.6. The van der Waals surface area contributed by atoms with Crippen molar-refractivity contribution >= 4 is 39.3 Å². The molecule has 1 aromatic heterocycles. The molecule has 0 radical (unpaired) electrons. The van der Waals surface area contributed by atoms with Crippen LogP contribution in [-0.2, 0) is 4.79 Å². The first kappa shape index (κ1) is 18.6. The van der Waals surface area contributed by atoms with Gasteiger partial charge in [-0.3, -0.25) is 4.79 Å². The summed E-state index contributed by atoms with van der Waals surface area (Å²) in [4.78, 5) is 19.6. The maximum Gasteiger partial charge on any atom is 0.237 e. The number of H-pyrrole nitrogens is 1. The third-order valence-electron chi connectivity index (χ3n) is 3.55. The Morgan fingerprint density at radius 3 is 2.65 bits per heavy atom. The standard InChI is InChI=1S/C18H14BrF2N3OS/c1-10(17(25)23-15-7-4-12(19)8-14(15)21)26-18-22-9-16(24-18)11-2-5-13(20)6-3-11/h2-10H,1H3,(H,22,24)(H,23,25). The van der Waals surface area contributed by atoms with Crippen LogP contribution in [-0.4, -0.2) is 21.1 Å². The molecule has 1 atom stereocenters. The van der Waals surface area contributed by atoms with Crippen molar-refractivity contribution < 1.29 is 13.6 Å². The Hall–Kier alpha value is -2.19. The number of carbonyl (C=O) groups is 1. The van der Waals surface area contributed by atoms with E-state index in [0.29, 0.717) is 9.63 Å². The highest BCUT2D eigenvalue weighted by molar-refractivity contribution is 9.10. The SMILES string of the molecule is CC(Sc1ncc(-c2ccc(F)cc2)[nH]1)C(=O)Nc1ccc(Br)cc1F. The summed E-state index contributed by atoms with van der Waals surface area (Å²) in [6, 6.07) is 10.5. The van der Waals surface area contributed by atoms with Crippen LogP contribution in [0.1, 0.15) is 6.92 Å². The van der Waals surface area contributed by atoms with Crippen LogP contribution in [0.4, 0.5) is 14.5 Å². The van der Waals surface area contributed by atoms with Crippen LogP contribution >= 0.6 is 27.7 Å². The van der Waals surface area contributed by atoms with Gasteiger partial charge in [-0.2, -0.15) is 0 Å². The quantitative estimate of drug-likeness (QED) is 0.536. The highest BCUT2D eigenvalue weighted by Gasteiger charge is 2.18. The molecule has 26 heavy (non-hydrogen) atoms. The number of aromatic nitrogens is 2. The molecule has 1 unspecified atom stereocenters. The van der Waals surface area contributed by atoms with Crippen LogP contribution in [0.5, 0.6) is 0 Å². The van der Waals surface area contributed by atoms with E-state index in [-0.39, 0.29) is 17.4 Å². The number of aromatic amines is 1. The molecule has 1 amide bonds. The van der Waals surface area contributed by atoms with E-state index in [1.807, 2.05) is 0 Å². The van der Waals surface area contributed by atoms with E-state index in [1.165, 1.54) is 36.0 Å². The first-order chi connectivity index (χ1) is 12.4. The van der Waals surface area contributed by atoms with Gasteiger partial charge in [0.15, 0.2) is 5.16 Å². The van der Waals surface area contributed by atoms with Crippen molar-refractivity contribution in [1.82, 2.24) is 9.97 Å². The molecule has 4 nitrogen and oxygen atoms in total. The van der Waals surface area contributed by atoms with Gasteiger partial charge in [0.05, 0.1) is 22.8 Å². The molecule has 0 saturated carbocycles.